The van der Waals surface area contributed by atoms with E-state index in [2.05, 4.69) is 17.3 Å². The molecule has 1 aromatic heterocycles. The third-order valence-electron chi connectivity index (χ3n) is 4.93. The van der Waals surface area contributed by atoms with Crippen LogP contribution >= 0.6 is 0 Å². The molecule has 0 saturated heterocycles. The van der Waals surface area contributed by atoms with Gasteiger partial charge in [-0.05, 0) is 36.8 Å². The number of hydrogen-bond acceptors (Lipinski definition) is 5. The molecule has 0 radical (unpaired) electrons. The van der Waals surface area contributed by atoms with Gasteiger partial charge in [-0.3, -0.25) is 14.9 Å². The number of nitro benzene ring substituents is 1. The van der Waals surface area contributed by atoms with Crippen molar-refractivity contribution in [2.45, 2.75) is 32.6 Å². The van der Waals surface area contributed by atoms with Crippen molar-refractivity contribution in [3.05, 3.63) is 70.4 Å². The van der Waals surface area contributed by atoms with Crippen LogP contribution in [0.2, 0.25) is 0 Å². The van der Waals surface area contributed by atoms with E-state index < -0.39 is 4.92 Å². The number of nitro groups is 1. The van der Waals surface area contributed by atoms with Gasteiger partial charge in [0.1, 0.15) is 11.4 Å². The van der Waals surface area contributed by atoms with Crippen LogP contribution in [0.15, 0.2) is 54.6 Å². The van der Waals surface area contributed by atoms with Crippen molar-refractivity contribution < 1.29 is 14.5 Å². The topological polar surface area (TPSA) is 99.3 Å². The SMILES string of the molecule is CCCCCCNC(=O)c1cc(-c2cccc(OC)c2)nn1-c1ccc([N+](=O)[O-])cc1. The molecule has 8 nitrogen and oxygen atoms in total. The molecule has 8 heteroatoms. The maximum atomic E-state index is 12.9. The van der Waals surface area contributed by atoms with Gasteiger partial charge in [0.05, 0.1) is 23.4 Å². The summed E-state index contributed by atoms with van der Waals surface area (Å²) in [5, 5.41) is 18.5. The van der Waals surface area contributed by atoms with Crippen LogP contribution in [0.3, 0.4) is 0 Å². The molecule has 1 heterocycles. The Balaban J connectivity index is 1.93. The second-order valence-corrected chi connectivity index (χ2v) is 7.15. The first-order chi connectivity index (χ1) is 15.0. The van der Waals surface area contributed by atoms with E-state index in [1.807, 2.05) is 24.3 Å². The number of nitrogens with zero attached hydrogens (tertiary/aromatic N) is 3. The van der Waals surface area contributed by atoms with Crippen molar-refractivity contribution in [3.8, 4) is 22.7 Å². The van der Waals surface area contributed by atoms with E-state index >= 15 is 0 Å². The lowest BCUT2D eigenvalue weighted by Crippen LogP contribution is -2.26. The fraction of sp³-hybridized carbons (Fsp3) is 0.304. The molecule has 3 aromatic rings. The lowest BCUT2D eigenvalue weighted by Gasteiger charge is -2.08. The minimum absolute atomic E-state index is 0.0224. The fourth-order valence-corrected chi connectivity index (χ4v) is 3.22. The van der Waals surface area contributed by atoms with Gasteiger partial charge in [-0.25, -0.2) is 4.68 Å². The second kappa shape index (κ2) is 10.4. The first-order valence-corrected chi connectivity index (χ1v) is 10.3. The van der Waals surface area contributed by atoms with Gasteiger partial charge in [-0.2, -0.15) is 5.10 Å². The Morgan fingerprint density at radius 3 is 2.58 bits per heavy atom. The monoisotopic (exact) mass is 422 g/mol. The highest BCUT2D eigenvalue weighted by atomic mass is 16.6. The minimum Gasteiger partial charge on any atom is -0.497 e. The molecule has 162 valence electrons. The number of carbonyl (C=O) groups excluding carboxylic acids is 1. The molecule has 31 heavy (non-hydrogen) atoms. The summed E-state index contributed by atoms with van der Waals surface area (Å²) in [4.78, 5) is 23.4. The van der Waals surface area contributed by atoms with E-state index in [1.165, 1.54) is 16.8 Å². The predicted octanol–water partition coefficient (Wildman–Crippen LogP) is 4.77. The van der Waals surface area contributed by atoms with Gasteiger partial charge in [0.15, 0.2) is 0 Å². The van der Waals surface area contributed by atoms with E-state index in [0.29, 0.717) is 29.4 Å². The van der Waals surface area contributed by atoms with Gasteiger partial charge in [-0.1, -0.05) is 38.3 Å². The summed E-state index contributed by atoms with van der Waals surface area (Å²) < 4.78 is 6.80. The Bertz CT molecular complexity index is 1040. The normalized spacial score (nSPS) is 10.6. The number of benzene rings is 2. The first-order valence-electron chi connectivity index (χ1n) is 10.3. The summed E-state index contributed by atoms with van der Waals surface area (Å²) >= 11 is 0. The van der Waals surface area contributed by atoms with Crippen LogP contribution in [0.1, 0.15) is 43.1 Å². The van der Waals surface area contributed by atoms with Crippen molar-refractivity contribution >= 4 is 11.6 Å². The summed E-state index contributed by atoms with van der Waals surface area (Å²) in [6, 6.07) is 15.1. The molecule has 3 rings (SSSR count). The molecular formula is C23H26N4O4. The van der Waals surface area contributed by atoms with E-state index in [4.69, 9.17) is 4.74 Å². The molecular weight excluding hydrogens is 396 g/mol. The molecule has 0 saturated carbocycles. The largest absolute Gasteiger partial charge is 0.497 e. The van der Waals surface area contributed by atoms with Gasteiger partial charge in [0, 0.05) is 24.2 Å². The molecule has 0 aliphatic rings. The van der Waals surface area contributed by atoms with Crippen LogP contribution in [-0.4, -0.2) is 34.3 Å². The van der Waals surface area contributed by atoms with Crippen LogP contribution in [0.25, 0.3) is 16.9 Å². The highest BCUT2D eigenvalue weighted by molar-refractivity contribution is 5.94. The number of amides is 1. The van der Waals surface area contributed by atoms with Crippen molar-refractivity contribution in [1.29, 1.82) is 0 Å². The second-order valence-electron chi connectivity index (χ2n) is 7.15. The molecule has 1 amide bonds. The Hall–Kier alpha value is -3.68. The molecule has 0 unspecified atom stereocenters. The summed E-state index contributed by atoms with van der Waals surface area (Å²) in [5.41, 5.74) is 2.31. The van der Waals surface area contributed by atoms with E-state index in [-0.39, 0.29) is 11.6 Å². The summed E-state index contributed by atoms with van der Waals surface area (Å²) in [6.07, 6.45) is 4.24. The van der Waals surface area contributed by atoms with Crippen LogP contribution in [0, 0.1) is 10.1 Å². The Morgan fingerprint density at radius 1 is 1.13 bits per heavy atom. The number of unbranched alkanes of at least 4 members (excludes halogenated alkanes) is 3. The average Bonchev–Trinajstić information content (AvgIpc) is 3.24. The molecule has 0 spiro atoms. The van der Waals surface area contributed by atoms with Gasteiger partial charge in [-0.15, -0.1) is 0 Å². The average molecular weight is 422 g/mol. The number of rotatable bonds is 10. The number of ether oxygens (including phenoxy) is 1. The maximum absolute atomic E-state index is 12.9. The fourth-order valence-electron chi connectivity index (χ4n) is 3.22. The molecule has 0 atom stereocenters. The minimum atomic E-state index is -0.460. The number of hydrogen-bond donors (Lipinski definition) is 1. The number of non-ortho nitro benzene ring substituents is 1. The Kier molecular flexibility index (Phi) is 7.37. The molecule has 0 aliphatic carbocycles. The van der Waals surface area contributed by atoms with Gasteiger partial charge in [0.2, 0.25) is 0 Å². The van der Waals surface area contributed by atoms with Crippen LogP contribution in [0.5, 0.6) is 5.75 Å². The van der Waals surface area contributed by atoms with Crippen LogP contribution < -0.4 is 10.1 Å². The van der Waals surface area contributed by atoms with E-state index in [1.54, 1.807) is 25.3 Å². The van der Waals surface area contributed by atoms with E-state index in [0.717, 1.165) is 31.2 Å². The van der Waals surface area contributed by atoms with Crippen LogP contribution in [0.4, 0.5) is 5.69 Å². The zero-order chi connectivity index (χ0) is 22.2. The highest BCUT2D eigenvalue weighted by Gasteiger charge is 2.18. The molecule has 0 aliphatic heterocycles. The molecule has 0 bridgehead atoms. The lowest BCUT2D eigenvalue weighted by molar-refractivity contribution is -0.384. The van der Waals surface area contributed by atoms with Crippen molar-refractivity contribution in [2.75, 3.05) is 13.7 Å². The first kappa shape index (κ1) is 22.0. The van der Waals surface area contributed by atoms with Gasteiger partial charge >= 0.3 is 0 Å². The number of methoxy groups -OCH3 is 1. The smallest absolute Gasteiger partial charge is 0.270 e. The van der Waals surface area contributed by atoms with Crippen molar-refractivity contribution in [1.82, 2.24) is 15.1 Å². The van der Waals surface area contributed by atoms with Gasteiger partial charge < -0.3 is 10.1 Å². The number of carbonyl (C=O) groups is 1. The summed E-state index contributed by atoms with van der Waals surface area (Å²) in [5.74, 6) is 0.445. The van der Waals surface area contributed by atoms with Crippen molar-refractivity contribution in [3.63, 3.8) is 0 Å². The number of aromatic nitrogens is 2. The molecule has 2 aromatic carbocycles. The summed E-state index contributed by atoms with van der Waals surface area (Å²) in [7, 11) is 1.59. The lowest BCUT2D eigenvalue weighted by atomic mass is 10.1. The zero-order valence-corrected chi connectivity index (χ0v) is 17.7. The third-order valence-corrected chi connectivity index (χ3v) is 4.93. The Labute approximate surface area is 181 Å². The maximum Gasteiger partial charge on any atom is 0.270 e. The van der Waals surface area contributed by atoms with E-state index in [9.17, 15) is 14.9 Å². The quantitative estimate of drug-likeness (QED) is 0.288. The molecule has 1 N–H and O–H groups in total. The Morgan fingerprint density at radius 2 is 1.90 bits per heavy atom. The highest BCUT2D eigenvalue weighted by Crippen LogP contribution is 2.26. The molecule has 0 fully saturated rings. The number of nitrogens with one attached hydrogen (secondary N) is 1. The third kappa shape index (κ3) is 5.48. The zero-order valence-electron chi connectivity index (χ0n) is 17.7. The standard InChI is InChI=1S/C23H26N4O4/c1-3-4-5-6-14-24-23(28)22-16-21(17-8-7-9-20(15-17)31-2)25-26(22)18-10-12-19(13-11-18)27(29)30/h7-13,15-16H,3-6,14H2,1-2H3,(H,24,28). The van der Waals surface area contributed by atoms with Gasteiger partial charge in [0.25, 0.3) is 11.6 Å². The summed E-state index contributed by atoms with van der Waals surface area (Å²) in [6.45, 7) is 2.72. The van der Waals surface area contributed by atoms with Crippen LogP contribution in [-0.2, 0) is 0 Å². The predicted molar refractivity (Wildman–Crippen MR) is 119 cm³/mol. The van der Waals surface area contributed by atoms with Crippen molar-refractivity contribution in [2.24, 2.45) is 0 Å².